The second kappa shape index (κ2) is 8.25. The number of allylic oxidation sites excluding steroid dienone is 1. The van der Waals surface area contributed by atoms with Gasteiger partial charge in [0.1, 0.15) is 11.8 Å². The van der Waals surface area contributed by atoms with Gasteiger partial charge in [-0.15, -0.1) is 0 Å². The summed E-state index contributed by atoms with van der Waals surface area (Å²) in [5.74, 6) is 0.436. The van der Waals surface area contributed by atoms with Crippen LogP contribution in [-0.2, 0) is 9.59 Å². The lowest BCUT2D eigenvalue weighted by Crippen LogP contribution is -2.38. The monoisotopic (exact) mass is 357 g/mol. The Morgan fingerprint density at radius 2 is 2.23 bits per heavy atom. The standard InChI is InChI=1S/C20H27N3O3/c1-13(19(24)21-11-10-15-6-4-3-5-7-15)22-16-8-9-18-17(12-16)23-20(25)14(2)26-18/h6,8-9,12-14,22H,3-5,7,10-11H2,1-2H3,(H,21,24)(H,23,25). The molecule has 2 atom stereocenters. The molecular formula is C20H27N3O3. The van der Waals surface area contributed by atoms with Crippen LogP contribution in [0.25, 0.3) is 0 Å². The van der Waals surface area contributed by atoms with Crippen LogP contribution < -0.4 is 20.7 Å². The van der Waals surface area contributed by atoms with Crippen molar-refractivity contribution in [3.8, 4) is 5.75 Å². The zero-order valence-electron chi connectivity index (χ0n) is 15.4. The maximum absolute atomic E-state index is 12.3. The van der Waals surface area contributed by atoms with Gasteiger partial charge in [-0.1, -0.05) is 11.6 Å². The number of fused-ring (bicyclic) bond motifs is 1. The molecule has 140 valence electrons. The van der Waals surface area contributed by atoms with Crippen LogP contribution in [0, 0.1) is 0 Å². The molecule has 0 aromatic heterocycles. The highest BCUT2D eigenvalue weighted by Crippen LogP contribution is 2.32. The Kier molecular flexibility index (Phi) is 5.81. The Hall–Kier alpha value is -2.50. The fourth-order valence-corrected chi connectivity index (χ4v) is 3.25. The molecule has 1 aromatic rings. The number of hydrogen-bond acceptors (Lipinski definition) is 4. The minimum absolute atomic E-state index is 0.0342. The van der Waals surface area contributed by atoms with Crippen LogP contribution in [0.1, 0.15) is 46.0 Å². The highest BCUT2D eigenvalue weighted by atomic mass is 16.5. The quantitative estimate of drug-likeness (QED) is 0.683. The summed E-state index contributed by atoms with van der Waals surface area (Å²) >= 11 is 0. The Morgan fingerprint density at radius 3 is 3.00 bits per heavy atom. The molecule has 0 bridgehead atoms. The second-order valence-corrected chi connectivity index (χ2v) is 6.98. The van der Waals surface area contributed by atoms with Crippen molar-refractivity contribution in [2.75, 3.05) is 17.2 Å². The summed E-state index contributed by atoms with van der Waals surface area (Å²) in [6.07, 6.45) is 7.60. The van der Waals surface area contributed by atoms with E-state index in [0.717, 1.165) is 18.5 Å². The Labute approximate surface area is 154 Å². The maximum atomic E-state index is 12.3. The fourth-order valence-electron chi connectivity index (χ4n) is 3.25. The first-order valence-electron chi connectivity index (χ1n) is 9.36. The van der Waals surface area contributed by atoms with Gasteiger partial charge in [0.15, 0.2) is 6.10 Å². The van der Waals surface area contributed by atoms with E-state index in [4.69, 9.17) is 4.74 Å². The number of ether oxygens (including phenoxy) is 1. The van der Waals surface area contributed by atoms with Crippen molar-refractivity contribution in [1.29, 1.82) is 0 Å². The molecule has 0 saturated heterocycles. The molecule has 2 unspecified atom stereocenters. The van der Waals surface area contributed by atoms with E-state index < -0.39 is 6.10 Å². The van der Waals surface area contributed by atoms with Gasteiger partial charge in [-0.05, 0) is 64.2 Å². The zero-order valence-corrected chi connectivity index (χ0v) is 15.4. The lowest BCUT2D eigenvalue weighted by molar-refractivity contribution is -0.123. The first-order chi connectivity index (χ1) is 12.5. The van der Waals surface area contributed by atoms with E-state index in [9.17, 15) is 9.59 Å². The summed E-state index contributed by atoms with van der Waals surface area (Å²) in [4.78, 5) is 24.0. The molecule has 2 aliphatic rings. The molecule has 0 radical (unpaired) electrons. The zero-order chi connectivity index (χ0) is 18.5. The summed E-state index contributed by atoms with van der Waals surface area (Å²) < 4.78 is 5.54. The summed E-state index contributed by atoms with van der Waals surface area (Å²) in [5, 5.41) is 8.97. The van der Waals surface area contributed by atoms with Gasteiger partial charge < -0.3 is 20.7 Å². The summed E-state index contributed by atoms with van der Waals surface area (Å²) in [7, 11) is 0. The van der Waals surface area contributed by atoms with Crippen molar-refractivity contribution in [1.82, 2.24) is 5.32 Å². The Bertz CT molecular complexity index is 714. The Balaban J connectivity index is 1.50. The number of anilines is 2. The molecule has 0 spiro atoms. The molecule has 0 fully saturated rings. The number of carbonyl (C=O) groups excluding carboxylic acids is 2. The van der Waals surface area contributed by atoms with E-state index in [2.05, 4.69) is 22.0 Å². The molecule has 0 saturated carbocycles. The summed E-state index contributed by atoms with van der Waals surface area (Å²) in [5.41, 5.74) is 2.84. The topological polar surface area (TPSA) is 79.5 Å². The van der Waals surface area contributed by atoms with Gasteiger partial charge in [-0.3, -0.25) is 9.59 Å². The highest BCUT2D eigenvalue weighted by molar-refractivity contribution is 5.98. The fraction of sp³-hybridized carbons (Fsp3) is 0.500. The van der Waals surface area contributed by atoms with Crippen LogP contribution in [0.15, 0.2) is 29.8 Å². The number of benzene rings is 1. The second-order valence-electron chi connectivity index (χ2n) is 6.98. The van der Waals surface area contributed by atoms with Crippen LogP contribution in [0.3, 0.4) is 0 Å². The molecule has 6 nitrogen and oxygen atoms in total. The third-order valence-corrected chi connectivity index (χ3v) is 4.82. The lowest BCUT2D eigenvalue weighted by atomic mass is 9.97. The molecule has 1 aliphatic carbocycles. The van der Waals surface area contributed by atoms with Crippen molar-refractivity contribution < 1.29 is 14.3 Å². The van der Waals surface area contributed by atoms with Crippen molar-refractivity contribution >= 4 is 23.2 Å². The average molecular weight is 357 g/mol. The molecule has 6 heteroatoms. The molecule has 26 heavy (non-hydrogen) atoms. The van der Waals surface area contributed by atoms with E-state index in [1.807, 2.05) is 13.0 Å². The molecule has 1 heterocycles. The number of hydrogen-bond donors (Lipinski definition) is 3. The van der Waals surface area contributed by atoms with Crippen molar-refractivity contribution in [2.45, 2.75) is 58.1 Å². The van der Waals surface area contributed by atoms with Crippen molar-refractivity contribution in [3.05, 3.63) is 29.8 Å². The molecule has 1 aliphatic heterocycles. The van der Waals surface area contributed by atoms with E-state index in [1.165, 1.54) is 24.8 Å². The molecule has 1 aromatic carbocycles. The number of rotatable bonds is 6. The molecular weight excluding hydrogens is 330 g/mol. The first kappa shape index (κ1) is 18.3. The van der Waals surface area contributed by atoms with Gasteiger partial charge in [0, 0.05) is 12.2 Å². The predicted molar refractivity (Wildman–Crippen MR) is 102 cm³/mol. The lowest BCUT2D eigenvalue weighted by Gasteiger charge is -2.24. The van der Waals surface area contributed by atoms with Crippen LogP contribution in [0.4, 0.5) is 11.4 Å². The van der Waals surface area contributed by atoms with Crippen molar-refractivity contribution in [3.63, 3.8) is 0 Å². The van der Waals surface area contributed by atoms with Crippen LogP contribution >= 0.6 is 0 Å². The van der Waals surface area contributed by atoms with Gasteiger partial charge in [0.25, 0.3) is 5.91 Å². The van der Waals surface area contributed by atoms with Gasteiger partial charge in [-0.2, -0.15) is 0 Å². The Morgan fingerprint density at radius 1 is 1.38 bits per heavy atom. The number of nitrogens with one attached hydrogen (secondary N) is 3. The van der Waals surface area contributed by atoms with Gasteiger partial charge >= 0.3 is 0 Å². The highest BCUT2D eigenvalue weighted by Gasteiger charge is 2.24. The van der Waals surface area contributed by atoms with E-state index in [1.54, 1.807) is 19.1 Å². The summed E-state index contributed by atoms with van der Waals surface area (Å²) in [6, 6.07) is 5.07. The predicted octanol–water partition coefficient (Wildman–Crippen LogP) is 3.21. The van der Waals surface area contributed by atoms with E-state index in [0.29, 0.717) is 18.0 Å². The van der Waals surface area contributed by atoms with E-state index in [-0.39, 0.29) is 17.9 Å². The third kappa shape index (κ3) is 4.56. The van der Waals surface area contributed by atoms with Crippen molar-refractivity contribution in [2.24, 2.45) is 0 Å². The minimum atomic E-state index is -0.495. The van der Waals surface area contributed by atoms with Crippen LogP contribution in [0.5, 0.6) is 5.75 Å². The van der Waals surface area contributed by atoms with Crippen LogP contribution in [0.2, 0.25) is 0 Å². The van der Waals surface area contributed by atoms with Gasteiger partial charge in [-0.25, -0.2) is 0 Å². The van der Waals surface area contributed by atoms with E-state index >= 15 is 0 Å². The van der Waals surface area contributed by atoms with Gasteiger partial charge in [0.05, 0.1) is 5.69 Å². The molecule has 3 rings (SSSR count). The largest absolute Gasteiger partial charge is 0.479 e. The molecule has 3 N–H and O–H groups in total. The normalized spacial score (nSPS) is 20.2. The smallest absolute Gasteiger partial charge is 0.265 e. The number of carbonyl (C=O) groups is 2. The maximum Gasteiger partial charge on any atom is 0.265 e. The van der Waals surface area contributed by atoms with Gasteiger partial charge in [0.2, 0.25) is 5.91 Å². The molecule has 2 amide bonds. The van der Waals surface area contributed by atoms with Crippen LogP contribution in [-0.4, -0.2) is 30.5 Å². The number of amides is 2. The SMILES string of the molecule is CC(Nc1ccc2c(c1)NC(=O)C(C)O2)C(=O)NCCC1=CCCCC1. The average Bonchev–Trinajstić information content (AvgIpc) is 2.63. The first-order valence-corrected chi connectivity index (χ1v) is 9.36. The third-order valence-electron chi connectivity index (χ3n) is 4.82. The minimum Gasteiger partial charge on any atom is -0.479 e. The summed E-state index contributed by atoms with van der Waals surface area (Å²) in [6.45, 7) is 4.20.